The van der Waals surface area contributed by atoms with E-state index in [1.165, 1.54) is 6.20 Å². The molecule has 0 spiro atoms. The molecule has 0 saturated carbocycles. The lowest BCUT2D eigenvalue weighted by atomic mass is 10.2. The van der Waals surface area contributed by atoms with E-state index in [1.54, 1.807) is 13.3 Å². The number of nitrogens with zero attached hydrogens (tertiary/aromatic N) is 1. The van der Waals surface area contributed by atoms with Gasteiger partial charge in [0.25, 0.3) is 0 Å². The third kappa shape index (κ3) is 2.23. The van der Waals surface area contributed by atoms with Gasteiger partial charge in [-0.1, -0.05) is 6.58 Å². The highest BCUT2D eigenvalue weighted by molar-refractivity contribution is 5.80. The minimum absolute atomic E-state index is 0.853. The number of rotatable bonds is 3. The molecule has 2 nitrogen and oxygen atoms in total. The first-order valence-electron chi connectivity index (χ1n) is 3.65. The fraction of sp³-hybridized carbons (Fsp3) is 0.100. The zero-order valence-corrected chi connectivity index (χ0v) is 7.03. The molecule has 0 aliphatic rings. The fourth-order valence-electron chi connectivity index (χ4n) is 0.829. The first-order chi connectivity index (χ1) is 5.86. The number of hydrogen-bond donors (Lipinski definition) is 0. The Morgan fingerprint density at radius 3 is 2.50 bits per heavy atom. The molecule has 0 unspecified atom stereocenters. The zero-order valence-electron chi connectivity index (χ0n) is 7.03. The van der Waals surface area contributed by atoms with Crippen LogP contribution in [0.25, 0.3) is 0 Å². The van der Waals surface area contributed by atoms with Gasteiger partial charge in [-0.05, 0) is 29.8 Å². The molecule has 0 saturated heterocycles. The van der Waals surface area contributed by atoms with Crippen molar-refractivity contribution in [1.82, 2.24) is 0 Å². The first-order valence-corrected chi connectivity index (χ1v) is 3.65. The highest BCUT2D eigenvalue weighted by Crippen LogP contribution is 2.09. The molecule has 62 valence electrons. The summed E-state index contributed by atoms with van der Waals surface area (Å²) in [4.78, 5) is 3.90. The Kier molecular flexibility index (Phi) is 3.08. The molecule has 0 radical (unpaired) electrons. The summed E-state index contributed by atoms with van der Waals surface area (Å²) in [5.74, 6) is 0.853. The highest BCUT2D eigenvalue weighted by atomic mass is 16.5. The van der Waals surface area contributed by atoms with Crippen LogP contribution in [0.1, 0.15) is 5.56 Å². The van der Waals surface area contributed by atoms with Gasteiger partial charge in [0.05, 0.1) is 7.11 Å². The summed E-state index contributed by atoms with van der Waals surface area (Å²) in [5.41, 5.74) is 1.04. The monoisotopic (exact) mass is 161 g/mol. The van der Waals surface area contributed by atoms with Gasteiger partial charge in [-0.3, -0.25) is 4.99 Å². The molecule has 0 N–H and O–H groups in total. The van der Waals surface area contributed by atoms with E-state index in [0.29, 0.717) is 0 Å². The van der Waals surface area contributed by atoms with E-state index in [4.69, 9.17) is 4.74 Å². The Morgan fingerprint density at radius 1 is 1.33 bits per heavy atom. The van der Waals surface area contributed by atoms with Crippen molar-refractivity contribution in [2.45, 2.75) is 0 Å². The topological polar surface area (TPSA) is 21.6 Å². The molecule has 2 heteroatoms. The number of ether oxygens (including phenoxy) is 1. The van der Waals surface area contributed by atoms with Crippen molar-refractivity contribution >= 4 is 6.21 Å². The van der Waals surface area contributed by atoms with Gasteiger partial charge in [-0.25, -0.2) is 0 Å². The van der Waals surface area contributed by atoms with Crippen molar-refractivity contribution in [2.75, 3.05) is 7.11 Å². The van der Waals surface area contributed by atoms with E-state index >= 15 is 0 Å². The van der Waals surface area contributed by atoms with Crippen molar-refractivity contribution in [1.29, 1.82) is 0 Å². The second kappa shape index (κ2) is 4.34. The van der Waals surface area contributed by atoms with Crippen molar-refractivity contribution < 1.29 is 4.74 Å². The van der Waals surface area contributed by atoms with Gasteiger partial charge in [-0.15, -0.1) is 0 Å². The van der Waals surface area contributed by atoms with E-state index in [-0.39, 0.29) is 0 Å². The molecule has 0 atom stereocenters. The van der Waals surface area contributed by atoms with Crippen LogP contribution in [0.4, 0.5) is 0 Å². The zero-order chi connectivity index (χ0) is 8.81. The second-order valence-corrected chi connectivity index (χ2v) is 2.23. The average Bonchev–Trinajstić information content (AvgIpc) is 2.15. The predicted molar refractivity (Wildman–Crippen MR) is 50.8 cm³/mol. The molecule has 0 heterocycles. The quantitative estimate of drug-likeness (QED) is 0.623. The summed E-state index contributed by atoms with van der Waals surface area (Å²) in [7, 11) is 1.65. The van der Waals surface area contributed by atoms with Crippen LogP contribution in [0.3, 0.4) is 0 Å². The van der Waals surface area contributed by atoms with E-state index in [0.717, 1.165) is 11.3 Å². The molecule has 1 aromatic carbocycles. The minimum atomic E-state index is 0.853. The second-order valence-electron chi connectivity index (χ2n) is 2.23. The standard InChI is InChI=1S/C10H11NO/c1-3-11-8-9-4-6-10(12-2)7-5-9/h3-8H,1H2,2H3. The summed E-state index contributed by atoms with van der Waals surface area (Å²) in [6, 6.07) is 7.66. The van der Waals surface area contributed by atoms with Crippen molar-refractivity contribution in [2.24, 2.45) is 4.99 Å². The molecule has 0 bridgehead atoms. The number of aliphatic imine (C=N–C) groups is 1. The number of benzene rings is 1. The third-order valence-corrected chi connectivity index (χ3v) is 1.44. The van der Waals surface area contributed by atoms with Crippen LogP contribution in [-0.4, -0.2) is 13.3 Å². The van der Waals surface area contributed by atoms with Crippen molar-refractivity contribution in [3.63, 3.8) is 0 Å². The van der Waals surface area contributed by atoms with Crippen LogP contribution in [0.5, 0.6) is 5.75 Å². The van der Waals surface area contributed by atoms with Crippen LogP contribution in [0.15, 0.2) is 42.0 Å². The lowest BCUT2D eigenvalue weighted by Crippen LogP contribution is -1.83. The van der Waals surface area contributed by atoms with Crippen molar-refractivity contribution in [3.05, 3.63) is 42.6 Å². The van der Waals surface area contributed by atoms with Crippen LogP contribution < -0.4 is 4.74 Å². The normalized spacial score (nSPS) is 10.1. The lowest BCUT2D eigenvalue weighted by molar-refractivity contribution is 0.415. The summed E-state index contributed by atoms with van der Waals surface area (Å²) in [5, 5.41) is 0. The van der Waals surface area contributed by atoms with Crippen LogP contribution in [-0.2, 0) is 0 Å². The average molecular weight is 161 g/mol. The van der Waals surface area contributed by atoms with E-state index in [9.17, 15) is 0 Å². The Labute approximate surface area is 72.2 Å². The van der Waals surface area contributed by atoms with Gasteiger partial charge in [0.1, 0.15) is 5.75 Å². The highest BCUT2D eigenvalue weighted by Gasteiger charge is 1.88. The van der Waals surface area contributed by atoms with Gasteiger partial charge in [0.15, 0.2) is 0 Å². The Hall–Kier alpha value is -1.57. The maximum Gasteiger partial charge on any atom is 0.118 e. The molecular weight excluding hydrogens is 150 g/mol. The summed E-state index contributed by atoms with van der Waals surface area (Å²) in [6.45, 7) is 3.49. The largest absolute Gasteiger partial charge is 0.497 e. The predicted octanol–water partition coefficient (Wildman–Crippen LogP) is 2.26. The molecule has 0 aliphatic heterocycles. The molecule has 0 aromatic heterocycles. The van der Waals surface area contributed by atoms with E-state index in [2.05, 4.69) is 11.6 Å². The Bertz CT molecular complexity index is 274. The van der Waals surface area contributed by atoms with E-state index in [1.807, 2.05) is 24.3 Å². The van der Waals surface area contributed by atoms with Gasteiger partial charge in [0.2, 0.25) is 0 Å². The molecule has 0 fully saturated rings. The maximum atomic E-state index is 5.01. The van der Waals surface area contributed by atoms with Crippen molar-refractivity contribution in [3.8, 4) is 5.75 Å². The number of hydrogen-bond acceptors (Lipinski definition) is 2. The molecule has 0 amide bonds. The first kappa shape index (κ1) is 8.53. The van der Waals surface area contributed by atoms with E-state index < -0.39 is 0 Å². The SMILES string of the molecule is C=CN=Cc1ccc(OC)cc1. The van der Waals surface area contributed by atoms with Gasteiger partial charge >= 0.3 is 0 Å². The number of methoxy groups -OCH3 is 1. The fourth-order valence-corrected chi connectivity index (χ4v) is 0.829. The minimum Gasteiger partial charge on any atom is -0.497 e. The molecule has 0 aliphatic carbocycles. The van der Waals surface area contributed by atoms with Crippen LogP contribution in [0.2, 0.25) is 0 Å². The summed E-state index contributed by atoms with van der Waals surface area (Å²) < 4.78 is 5.01. The van der Waals surface area contributed by atoms with Gasteiger partial charge in [0, 0.05) is 12.4 Å². The van der Waals surface area contributed by atoms with Crippen LogP contribution >= 0.6 is 0 Å². The summed E-state index contributed by atoms with van der Waals surface area (Å²) in [6.07, 6.45) is 3.25. The Morgan fingerprint density at radius 2 is 2.00 bits per heavy atom. The molecule has 1 rings (SSSR count). The summed E-state index contributed by atoms with van der Waals surface area (Å²) >= 11 is 0. The van der Waals surface area contributed by atoms with Gasteiger partial charge < -0.3 is 4.74 Å². The molecular formula is C10H11NO. The maximum absolute atomic E-state index is 5.01. The van der Waals surface area contributed by atoms with Crippen LogP contribution in [0, 0.1) is 0 Å². The Balaban J connectivity index is 2.77. The molecule has 1 aromatic rings. The lowest BCUT2D eigenvalue weighted by Gasteiger charge is -1.97. The molecule has 12 heavy (non-hydrogen) atoms. The van der Waals surface area contributed by atoms with Gasteiger partial charge in [-0.2, -0.15) is 0 Å². The smallest absolute Gasteiger partial charge is 0.118 e. The third-order valence-electron chi connectivity index (χ3n) is 1.44.